The summed E-state index contributed by atoms with van der Waals surface area (Å²) in [5, 5.41) is 4.00. The van der Waals surface area contributed by atoms with Crippen molar-refractivity contribution in [1.29, 1.82) is 0 Å². The third-order valence-corrected chi connectivity index (χ3v) is 2.35. The predicted molar refractivity (Wildman–Crippen MR) is 64.2 cm³/mol. The molecule has 2 aromatic rings. The van der Waals surface area contributed by atoms with Crippen LogP contribution in [0.3, 0.4) is 0 Å². The predicted octanol–water partition coefficient (Wildman–Crippen LogP) is 2.16. The van der Waals surface area contributed by atoms with Gasteiger partial charge in [-0.3, -0.25) is 9.48 Å². The topological polar surface area (TPSA) is 44.1 Å². The van der Waals surface area contributed by atoms with E-state index in [4.69, 9.17) is 4.74 Å². The summed E-state index contributed by atoms with van der Waals surface area (Å²) in [4.78, 5) is 11.9. The number of carbonyl (C=O) groups is 1. The second-order valence-corrected chi connectivity index (χ2v) is 3.58. The number of ether oxygens (including phenoxy) is 1. The highest BCUT2D eigenvalue weighted by Crippen LogP contribution is 2.12. The van der Waals surface area contributed by atoms with E-state index in [0.29, 0.717) is 12.2 Å². The van der Waals surface area contributed by atoms with Gasteiger partial charge in [-0.2, -0.15) is 5.10 Å². The smallest absolute Gasteiger partial charge is 0.184 e. The van der Waals surface area contributed by atoms with Gasteiger partial charge in [0.1, 0.15) is 12.3 Å². The molecule has 0 N–H and O–H groups in total. The fraction of sp³-hybridized carbons (Fsp3) is 0.231. The molecule has 0 saturated heterocycles. The quantitative estimate of drug-likeness (QED) is 0.739. The SMILES string of the molecule is CCOc1ccc(C(=O)Cn2cccn2)cc1. The van der Waals surface area contributed by atoms with Crippen LogP contribution in [0.15, 0.2) is 42.7 Å². The van der Waals surface area contributed by atoms with Gasteiger partial charge in [-0.25, -0.2) is 0 Å². The molecule has 0 unspecified atom stereocenters. The van der Waals surface area contributed by atoms with Crippen LogP contribution in [0, 0.1) is 0 Å². The van der Waals surface area contributed by atoms with Crippen molar-refractivity contribution >= 4 is 5.78 Å². The Bertz CT molecular complexity index is 475. The van der Waals surface area contributed by atoms with Crippen LogP contribution in [0.1, 0.15) is 17.3 Å². The summed E-state index contributed by atoms with van der Waals surface area (Å²) < 4.78 is 6.93. The molecule has 4 heteroatoms. The molecule has 0 radical (unpaired) electrons. The van der Waals surface area contributed by atoms with Gasteiger partial charge in [0.15, 0.2) is 5.78 Å². The summed E-state index contributed by atoms with van der Waals surface area (Å²) in [5.74, 6) is 0.819. The highest BCUT2D eigenvalue weighted by atomic mass is 16.5. The summed E-state index contributed by atoms with van der Waals surface area (Å²) in [7, 11) is 0. The monoisotopic (exact) mass is 230 g/mol. The lowest BCUT2D eigenvalue weighted by Crippen LogP contribution is -2.10. The fourth-order valence-electron chi connectivity index (χ4n) is 1.54. The van der Waals surface area contributed by atoms with Gasteiger partial charge in [0.25, 0.3) is 0 Å². The van der Waals surface area contributed by atoms with Crippen LogP contribution < -0.4 is 4.74 Å². The number of aromatic nitrogens is 2. The zero-order valence-corrected chi connectivity index (χ0v) is 9.67. The Morgan fingerprint density at radius 1 is 1.35 bits per heavy atom. The van der Waals surface area contributed by atoms with E-state index >= 15 is 0 Å². The van der Waals surface area contributed by atoms with Crippen LogP contribution in [0.2, 0.25) is 0 Å². The van der Waals surface area contributed by atoms with Crippen molar-refractivity contribution in [1.82, 2.24) is 9.78 Å². The molecule has 1 aromatic carbocycles. The minimum absolute atomic E-state index is 0.0387. The first-order valence-electron chi connectivity index (χ1n) is 5.53. The van der Waals surface area contributed by atoms with Gasteiger partial charge in [-0.1, -0.05) is 0 Å². The largest absolute Gasteiger partial charge is 0.494 e. The summed E-state index contributed by atoms with van der Waals surface area (Å²) in [6, 6.07) is 8.96. The van der Waals surface area contributed by atoms with Gasteiger partial charge in [0.05, 0.1) is 6.61 Å². The number of ketones is 1. The molecular formula is C13H14N2O2. The van der Waals surface area contributed by atoms with Crippen molar-refractivity contribution in [3.63, 3.8) is 0 Å². The Morgan fingerprint density at radius 2 is 2.12 bits per heavy atom. The highest BCUT2D eigenvalue weighted by molar-refractivity contribution is 5.95. The number of Topliss-reactive ketones (excluding diaryl/α,β-unsaturated/α-hetero) is 1. The third kappa shape index (κ3) is 2.93. The maximum atomic E-state index is 11.9. The Balaban J connectivity index is 2.04. The Labute approximate surface area is 99.8 Å². The lowest BCUT2D eigenvalue weighted by Gasteiger charge is -2.04. The van der Waals surface area contributed by atoms with Gasteiger partial charge in [0.2, 0.25) is 0 Å². The number of carbonyl (C=O) groups excluding carboxylic acids is 1. The second-order valence-electron chi connectivity index (χ2n) is 3.58. The molecule has 4 nitrogen and oxygen atoms in total. The lowest BCUT2D eigenvalue weighted by molar-refractivity contribution is 0.0967. The van der Waals surface area contributed by atoms with Crippen LogP contribution in [0.25, 0.3) is 0 Å². The van der Waals surface area contributed by atoms with Crippen molar-refractivity contribution in [2.75, 3.05) is 6.61 Å². The average Bonchev–Trinajstić information content (AvgIpc) is 2.83. The van der Waals surface area contributed by atoms with Crippen molar-refractivity contribution in [2.45, 2.75) is 13.5 Å². The van der Waals surface area contributed by atoms with Crippen LogP contribution in [-0.2, 0) is 6.54 Å². The van der Waals surface area contributed by atoms with E-state index in [2.05, 4.69) is 5.10 Å². The molecule has 1 heterocycles. The maximum absolute atomic E-state index is 11.9. The van der Waals surface area contributed by atoms with E-state index in [0.717, 1.165) is 5.75 Å². The van der Waals surface area contributed by atoms with Crippen LogP contribution in [-0.4, -0.2) is 22.2 Å². The van der Waals surface area contributed by atoms with Crippen LogP contribution in [0.4, 0.5) is 0 Å². The maximum Gasteiger partial charge on any atom is 0.184 e. The normalized spacial score (nSPS) is 10.2. The molecule has 0 spiro atoms. The molecule has 2 rings (SSSR count). The summed E-state index contributed by atoms with van der Waals surface area (Å²) in [6.07, 6.45) is 3.43. The molecule has 0 aliphatic carbocycles. The molecule has 0 amide bonds. The van der Waals surface area contributed by atoms with Gasteiger partial charge < -0.3 is 4.74 Å². The van der Waals surface area contributed by atoms with Gasteiger partial charge >= 0.3 is 0 Å². The standard InChI is InChI=1S/C13H14N2O2/c1-2-17-12-6-4-11(5-7-12)13(16)10-15-9-3-8-14-15/h3-9H,2,10H2,1H3. The van der Waals surface area contributed by atoms with Gasteiger partial charge in [0, 0.05) is 18.0 Å². The summed E-state index contributed by atoms with van der Waals surface area (Å²) in [6.45, 7) is 2.82. The highest BCUT2D eigenvalue weighted by Gasteiger charge is 2.06. The molecule has 0 saturated carbocycles. The fourth-order valence-corrected chi connectivity index (χ4v) is 1.54. The van der Waals surface area contributed by atoms with E-state index in [1.807, 2.05) is 6.92 Å². The van der Waals surface area contributed by atoms with Gasteiger partial charge in [-0.05, 0) is 37.3 Å². The zero-order valence-electron chi connectivity index (χ0n) is 9.67. The summed E-state index contributed by atoms with van der Waals surface area (Å²) in [5.41, 5.74) is 0.670. The first-order valence-corrected chi connectivity index (χ1v) is 5.53. The molecule has 88 valence electrons. The molecule has 17 heavy (non-hydrogen) atoms. The van der Waals surface area contributed by atoms with E-state index in [-0.39, 0.29) is 12.3 Å². The van der Waals surface area contributed by atoms with E-state index < -0.39 is 0 Å². The van der Waals surface area contributed by atoms with Crippen LogP contribution >= 0.6 is 0 Å². The Hall–Kier alpha value is -2.10. The molecule has 0 aliphatic heterocycles. The first-order chi connectivity index (χ1) is 8.29. The minimum atomic E-state index is 0.0387. The first kappa shape index (κ1) is 11.4. The second kappa shape index (κ2) is 5.30. The number of hydrogen-bond donors (Lipinski definition) is 0. The lowest BCUT2D eigenvalue weighted by atomic mass is 10.1. The van der Waals surface area contributed by atoms with Crippen molar-refractivity contribution in [3.8, 4) is 5.75 Å². The molecule has 0 fully saturated rings. The molecular weight excluding hydrogens is 216 g/mol. The van der Waals surface area contributed by atoms with Crippen molar-refractivity contribution in [3.05, 3.63) is 48.3 Å². The zero-order chi connectivity index (χ0) is 12.1. The Morgan fingerprint density at radius 3 is 2.71 bits per heavy atom. The minimum Gasteiger partial charge on any atom is -0.494 e. The van der Waals surface area contributed by atoms with Crippen molar-refractivity contribution < 1.29 is 9.53 Å². The number of nitrogens with zero attached hydrogens (tertiary/aromatic N) is 2. The Kier molecular flexibility index (Phi) is 3.55. The number of rotatable bonds is 5. The number of benzene rings is 1. The molecule has 0 atom stereocenters. The number of hydrogen-bond acceptors (Lipinski definition) is 3. The van der Waals surface area contributed by atoms with E-state index in [9.17, 15) is 4.79 Å². The summed E-state index contributed by atoms with van der Waals surface area (Å²) >= 11 is 0. The van der Waals surface area contributed by atoms with Gasteiger partial charge in [-0.15, -0.1) is 0 Å². The molecule has 0 aliphatic rings. The molecule has 0 bridgehead atoms. The van der Waals surface area contributed by atoms with E-state index in [1.54, 1.807) is 47.4 Å². The molecule has 1 aromatic heterocycles. The van der Waals surface area contributed by atoms with E-state index in [1.165, 1.54) is 0 Å². The van der Waals surface area contributed by atoms with Crippen molar-refractivity contribution in [2.24, 2.45) is 0 Å². The van der Waals surface area contributed by atoms with Crippen LogP contribution in [0.5, 0.6) is 5.75 Å². The third-order valence-electron chi connectivity index (χ3n) is 2.35. The average molecular weight is 230 g/mol.